The van der Waals surface area contributed by atoms with Crippen LogP contribution in [0.1, 0.15) is 11.4 Å². The molecule has 0 saturated carbocycles. The number of amides is 1. The van der Waals surface area contributed by atoms with E-state index in [9.17, 15) is 4.79 Å². The number of ether oxygens (including phenoxy) is 1. The summed E-state index contributed by atoms with van der Waals surface area (Å²) in [6, 6.07) is 15.2. The van der Waals surface area contributed by atoms with E-state index in [1.54, 1.807) is 6.20 Å². The average molecular weight is 391 g/mol. The lowest BCUT2D eigenvalue weighted by Gasteiger charge is -2.36. The van der Waals surface area contributed by atoms with Crippen molar-refractivity contribution in [3.05, 3.63) is 66.1 Å². The Kier molecular flexibility index (Phi) is 5.46. The highest BCUT2D eigenvalue weighted by Crippen LogP contribution is 2.27. The van der Waals surface area contributed by atoms with Gasteiger partial charge in [-0.15, -0.1) is 0 Å². The zero-order valence-electron chi connectivity index (χ0n) is 16.8. The van der Waals surface area contributed by atoms with Crippen LogP contribution in [0.25, 0.3) is 5.82 Å². The number of hydrogen-bond donors (Lipinski definition) is 0. The summed E-state index contributed by atoms with van der Waals surface area (Å²) in [5, 5.41) is 4.68. The highest BCUT2D eigenvalue weighted by atomic mass is 16.5. The molecule has 0 aliphatic carbocycles. The lowest BCUT2D eigenvalue weighted by Crippen LogP contribution is -2.50. The van der Waals surface area contributed by atoms with Gasteiger partial charge in [-0.3, -0.25) is 4.79 Å². The Morgan fingerprint density at radius 1 is 1.00 bits per heavy atom. The van der Waals surface area contributed by atoms with Crippen LogP contribution in [0, 0.1) is 13.8 Å². The fraction of sp³-hybridized carbons (Fsp3) is 0.318. The number of carbonyl (C=O) groups excluding carboxylic acids is 1. The topological polar surface area (TPSA) is 63.5 Å². The molecule has 4 rings (SSSR count). The SMILES string of the molecule is Cc1nn(-c2ccccn2)c(C)c1N1CCN(C(=O)COc2ccccc2)CC1. The maximum Gasteiger partial charge on any atom is 0.260 e. The van der Waals surface area contributed by atoms with Crippen molar-refractivity contribution in [1.82, 2.24) is 19.7 Å². The summed E-state index contributed by atoms with van der Waals surface area (Å²) in [6.45, 7) is 7.04. The number of piperazine rings is 1. The lowest BCUT2D eigenvalue weighted by molar-refractivity contribution is -0.133. The fourth-order valence-corrected chi connectivity index (χ4v) is 3.73. The molecule has 1 aliphatic heterocycles. The van der Waals surface area contributed by atoms with Gasteiger partial charge in [0, 0.05) is 32.4 Å². The molecule has 1 fully saturated rings. The van der Waals surface area contributed by atoms with Gasteiger partial charge in [-0.2, -0.15) is 5.10 Å². The van der Waals surface area contributed by atoms with Crippen molar-refractivity contribution in [3.63, 3.8) is 0 Å². The van der Waals surface area contributed by atoms with Gasteiger partial charge >= 0.3 is 0 Å². The molecule has 0 N–H and O–H groups in total. The van der Waals surface area contributed by atoms with Gasteiger partial charge in [0.1, 0.15) is 5.75 Å². The van der Waals surface area contributed by atoms with E-state index in [1.807, 2.05) is 65.0 Å². The van der Waals surface area contributed by atoms with Gasteiger partial charge in [0.15, 0.2) is 12.4 Å². The average Bonchev–Trinajstić information content (AvgIpc) is 3.07. The Hall–Kier alpha value is -3.35. The molecule has 7 heteroatoms. The maximum absolute atomic E-state index is 12.5. The molecule has 1 aliphatic rings. The van der Waals surface area contributed by atoms with Crippen LogP contribution in [0.3, 0.4) is 0 Å². The Labute approximate surface area is 170 Å². The Bertz CT molecular complexity index is 964. The third kappa shape index (κ3) is 4.08. The number of benzene rings is 1. The molecule has 1 amide bonds. The first-order valence-electron chi connectivity index (χ1n) is 9.81. The molecule has 1 aromatic carbocycles. The van der Waals surface area contributed by atoms with E-state index in [1.165, 1.54) is 0 Å². The maximum atomic E-state index is 12.5. The molecule has 29 heavy (non-hydrogen) atoms. The van der Waals surface area contributed by atoms with Gasteiger partial charge in [0.25, 0.3) is 5.91 Å². The standard InChI is InChI=1S/C22H25N5O2/c1-17-22(18(2)27(24-17)20-10-6-7-11-23-20)26-14-12-25(13-15-26)21(28)16-29-19-8-4-3-5-9-19/h3-11H,12-16H2,1-2H3. The number of anilines is 1. The Morgan fingerprint density at radius 2 is 1.72 bits per heavy atom. The normalized spacial score (nSPS) is 14.1. The first kappa shape index (κ1) is 19.0. The molecule has 0 radical (unpaired) electrons. The van der Waals surface area contributed by atoms with Crippen molar-refractivity contribution >= 4 is 11.6 Å². The van der Waals surface area contributed by atoms with Gasteiger partial charge in [-0.1, -0.05) is 24.3 Å². The van der Waals surface area contributed by atoms with E-state index < -0.39 is 0 Å². The molecular weight excluding hydrogens is 366 g/mol. The molecule has 1 saturated heterocycles. The van der Waals surface area contributed by atoms with Crippen molar-refractivity contribution < 1.29 is 9.53 Å². The van der Waals surface area contributed by atoms with Gasteiger partial charge in [0.2, 0.25) is 0 Å². The minimum absolute atomic E-state index is 0.0196. The van der Waals surface area contributed by atoms with Gasteiger partial charge in [-0.05, 0) is 38.1 Å². The summed E-state index contributed by atoms with van der Waals surface area (Å²) in [5.74, 6) is 1.55. The Balaban J connectivity index is 1.38. The Morgan fingerprint density at radius 3 is 2.41 bits per heavy atom. The monoisotopic (exact) mass is 391 g/mol. The number of nitrogens with zero attached hydrogens (tertiary/aromatic N) is 5. The highest BCUT2D eigenvalue weighted by Gasteiger charge is 2.25. The molecule has 150 valence electrons. The first-order chi connectivity index (χ1) is 14.1. The number of pyridine rings is 1. The molecule has 0 spiro atoms. The molecule has 0 atom stereocenters. The summed E-state index contributed by atoms with van der Waals surface area (Å²) in [7, 11) is 0. The molecule has 7 nitrogen and oxygen atoms in total. The van der Waals surface area contributed by atoms with Gasteiger partial charge in [0.05, 0.1) is 17.1 Å². The van der Waals surface area contributed by atoms with Crippen LogP contribution < -0.4 is 9.64 Å². The molecule has 3 heterocycles. The van der Waals surface area contributed by atoms with E-state index in [2.05, 4.69) is 21.9 Å². The van der Waals surface area contributed by atoms with Crippen molar-refractivity contribution in [2.75, 3.05) is 37.7 Å². The van der Waals surface area contributed by atoms with E-state index >= 15 is 0 Å². The predicted molar refractivity (Wildman–Crippen MR) is 112 cm³/mol. The molecular formula is C22H25N5O2. The number of hydrogen-bond acceptors (Lipinski definition) is 5. The largest absolute Gasteiger partial charge is 0.484 e. The minimum atomic E-state index is 0.0196. The van der Waals surface area contributed by atoms with Gasteiger partial charge < -0.3 is 14.5 Å². The summed E-state index contributed by atoms with van der Waals surface area (Å²) >= 11 is 0. The molecule has 3 aromatic rings. The quantitative estimate of drug-likeness (QED) is 0.669. The zero-order chi connectivity index (χ0) is 20.2. The third-order valence-corrected chi connectivity index (χ3v) is 5.17. The minimum Gasteiger partial charge on any atom is -0.484 e. The summed E-state index contributed by atoms with van der Waals surface area (Å²) in [5.41, 5.74) is 3.16. The number of aromatic nitrogens is 3. The first-order valence-corrected chi connectivity index (χ1v) is 9.81. The summed E-state index contributed by atoms with van der Waals surface area (Å²) in [4.78, 5) is 21.1. The van der Waals surface area contributed by atoms with Crippen LogP contribution in [0.2, 0.25) is 0 Å². The molecule has 0 unspecified atom stereocenters. The van der Waals surface area contributed by atoms with Crippen LogP contribution in [0.5, 0.6) is 5.75 Å². The number of para-hydroxylation sites is 1. The second-order valence-corrected chi connectivity index (χ2v) is 7.09. The van der Waals surface area contributed by atoms with E-state index in [0.29, 0.717) is 18.8 Å². The highest BCUT2D eigenvalue weighted by molar-refractivity contribution is 5.78. The molecule has 0 bridgehead atoms. The smallest absolute Gasteiger partial charge is 0.260 e. The second kappa shape index (κ2) is 8.34. The van der Waals surface area contributed by atoms with E-state index in [0.717, 1.165) is 36.0 Å². The third-order valence-electron chi connectivity index (χ3n) is 5.17. The number of carbonyl (C=O) groups is 1. The summed E-state index contributed by atoms with van der Waals surface area (Å²) < 4.78 is 7.48. The number of rotatable bonds is 5. The van der Waals surface area contributed by atoms with Gasteiger partial charge in [-0.25, -0.2) is 9.67 Å². The van der Waals surface area contributed by atoms with Crippen LogP contribution >= 0.6 is 0 Å². The zero-order valence-corrected chi connectivity index (χ0v) is 16.8. The van der Waals surface area contributed by atoms with E-state index in [4.69, 9.17) is 4.74 Å². The fourth-order valence-electron chi connectivity index (χ4n) is 3.73. The van der Waals surface area contributed by atoms with Crippen LogP contribution in [-0.2, 0) is 4.79 Å². The van der Waals surface area contributed by atoms with Crippen LogP contribution in [0.15, 0.2) is 54.7 Å². The second-order valence-electron chi connectivity index (χ2n) is 7.09. The molecule has 2 aromatic heterocycles. The van der Waals surface area contributed by atoms with Crippen LogP contribution in [-0.4, -0.2) is 58.4 Å². The lowest BCUT2D eigenvalue weighted by atomic mass is 10.2. The van der Waals surface area contributed by atoms with Crippen LogP contribution in [0.4, 0.5) is 5.69 Å². The van der Waals surface area contributed by atoms with Crippen molar-refractivity contribution in [1.29, 1.82) is 0 Å². The van der Waals surface area contributed by atoms with E-state index in [-0.39, 0.29) is 12.5 Å². The number of aryl methyl sites for hydroxylation is 1. The predicted octanol–water partition coefficient (Wildman–Crippen LogP) is 2.61. The van der Waals surface area contributed by atoms with Crippen molar-refractivity contribution in [3.8, 4) is 11.6 Å². The van der Waals surface area contributed by atoms with Crippen molar-refractivity contribution in [2.45, 2.75) is 13.8 Å². The summed E-state index contributed by atoms with van der Waals surface area (Å²) in [6.07, 6.45) is 1.77. The van der Waals surface area contributed by atoms with Crippen molar-refractivity contribution in [2.24, 2.45) is 0 Å².